The van der Waals surface area contributed by atoms with Crippen LogP contribution in [0.2, 0.25) is 0 Å². The number of carbonyl (C=O) groups excluding carboxylic acids is 1. The van der Waals surface area contributed by atoms with Crippen molar-refractivity contribution < 1.29 is 18.0 Å². The number of hydrogen-bond acceptors (Lipinski definition) is 5. The molecule has 1 amide bonds. The summed E-state index contributed by atoms with van der Waals surface area (Å²) < 4.78 is 40.8. The van der Waals surface area contributed by atoms with E-state index in [0.29, 0.717) is 43.5 Å². The van der Waals surface area contributed by atoms with Crippen LogP contribution in [0, 0.1) is 18.3 Å². The van der Waals surface area contributed by atoms with E-state index in [0.717, 1.165) is 11.1 Å². The first-order valence-corrected chi connectivity index (χ1v) is 11.3. The lowest BCUT2D eigenvalue weighted by atomic mass is 10.1. The summed E-state index contributed by atoms with van der Waals surface area (Å²) in [6.07, 6.45) is -2.95. The van der Waals surface area contributed by atoms with Gasteiger partial charge in [0.2, 0.25) is 11.7 Å². The van der Waals surface area contributed by atoms with E-state index in [9.17, 15) is 18.0 Å². The first-order chi connectivity index (χ1) is 16.7. The van der Waals surface area contributed by atoms with Gasteiger partial charge in [0, 0.05) is 24.7 Å². The van der Waals surface area contributed by atoms with E-state index in [1.165, 1.54) is 6.07 Å². The molecule has 1 aromatic heterocycles. The summed E-state index contributed by atoms with van der Waals surface area (Å²) in [5.74, 6) is -1.38. The van der Waals surface area contributed by atoms with Gasteiger partial charge in [-0.2, -0.15) is 18.4 Å². The van der Waals surface area contributed by atoms with Gasteiger partial charge < -0.3 is 10.2 Å². The molecular formula is C26H24F3N5O. The van der Waals surface area contributed by atoms with E-state index in [4.69, 9.17) is 5.26 Å². The molecule has 1 aliphatic rings. The van der Waals surface area contributed by atoms with E-state index < -0.39 is 18.0 Å². The number of halogens is 3. The average Bonchev–Trinajstić information content (AvgIpc) is 3.34. The van der Waals surface area contributed by atoms with Crippen LogP contribution >= 0.6 is 0 Å². The van der Waals surface area contributed by atoms with Gasteiger partial charge >= 0.3 is 6.18 Å². The van der Waals surface area contributed by atoms with Gasteiger partial charge in [0.1, 0.15) is 11.9 Å². The summed E-state index contributed by atoms with van der Waals surface area (Å²) in [5, 5.41) is 11.8. The lowest BCUT2D eigenvalue weighted by Crippen LogP contribution is -2.44. The summed E-state index contributed by atoms with van der Waals surface area (Å²) in [4.78, 5) is 22.1. The molecule has 35 heavy (non-hydrogen) atoms. The monoisotopic (exact) mass is 479 g/mol. The first kappa shape index (κ1) is 24.2. The fraction of sp³-hybridized carbons (Fsp3) is 0.308. The number of amides is 1. The predicted octanol–water partition coefficient (Wildman–Crippen LogP) is 4.67. The van der Waals surface area contributed by atoms with Crippen LogP contribution in [0.4, 0.5) is 19.0 Å². The van der Waals surface area contributed by atoms with Gasteiger partial charge in [0.25, 0.3) is 0 Å². The predicted molar refractivity (Wildman–Crippen MR) is 125 cm³/mol. The molecule has 1 aliphatic heterocycles. The zero-order chi connectivity index (χ0) is 25.0. The highest BCUT2D eigenvalue weighted by atomic mass is 19.4. The molecule has 2 heterocycles. The first-order valence-electron chi connectivity index (χ1n) is 11.3. The zero-order valence-electron chi connectivity index (χ0n) is 19.1. The molecule has 180 valence electrons. The Labute approximate surface area is 201 Å². The molecule has 1 saturated heterocycles. The highest BCUT2D eigenvalue weighted by Crippen LogP contribution is 2.33. The van der Waals surface area contributed by atoms with Crippen molar-refractivity contribution in [2.24, 2.45) is 0 Å². The van der Waals surface area contributed by atoms with Crippen molar-refractivity contribution in [1.82, 2.24) is 15.3 Å². The summed E-state index contributed by atoms with van der Waals surface area (Å²) in [5.41, 5.74) is 3.23. The van der Waals surface area contributed by atoms with Crippen LogP contribution in [0.15, 0.2) is 54.6 Å². The molecule has 1 atom stereocenters. The summed E-state index contributed by atoms with van der Waals surface area (Å²) >= 11 is 0. The third-order valence-corrected chi connectivity index (χ3v) is 5.96. The number of benzene rings is 2. The Hall–Kier alpha value is -3.93. The minimum atomic E-state index is -4.71. The molecule has 1 N–H and O–H groups in total. The van der Waals surface area contributed by atoms with Crippen molar-refractivity contribution in [3.63, 3.8) is 0 Å². The van der Waals surface area contributed by atoms with E-state index in [2.05, 4.69) is 21.4 Å². The molecule has 9 heteroatoms. The molecule has 3 aromatic rings. The maximum atomic E-state index is 13.6. The van der Waals surface area contributed by atoms with E-state index in [1.807, 2.05) is 31.2 Å². The quantitative estimate of drug-likeness (QED) is 0.556. The number of rotatable bonds is 6. The van der Waals surface area contributed by atoms with Crippen LogP contribution in [-0.4, -0.2) is 35.0 Å². The zero-order valence-corrected chi connectivity index (χ0v) is 19.1. The molecule has 0 unspecified atom stereocenters. The van der Waals surface area contributed by atoms with E-state index >= 15 is 0 Å². The van der Waals surface area contributed by atoms with Gasteiger partial charge in [-0.25, -0.2) is 9.97 Å². The van der Waals surface area contributed by atoms with Crippen molar-refractivity contribution >= 4 is 11.7 Å². The average molecular weight is 480 g/mol. The summed E-state index contributed by atoms with van der Waals surface area (Å²) in [7, 11) is 0. The van der Waals surface area contributed by atoms with E-state index in [-0.39, 0.29) is 17.4 Å². The fourth-order valence-corrected chi connectivity index (χ4v) is 4.09. The highest BCUT2D eigenvalue weighted by molar-refractivity contribution is 5.85. The van der Waals surface area contributed by atoms with Gasteiger partial charge in [0.15, 0.2) is 0 Å². The molecule has 4 rings (SSSR count). The van der Waals surface area contributed by atoms with Crippen molar-refractivity contribution in [1.29, 1.82) is 5.26 Å². The van der Waals surface area contributed by atoms with Crippen LogP contribution in [0.1, 0.15) is 35.4 Å². The van der Waals surface area contributed by atoms with Crippen molar-refractivity contribution in [3.05, 3.63) is 77.1 Å². The second-order valence-corrected chi connectivity index (χ2v) is 8.50. The van der Waals surface area contributed by atoms with E-state index in [1.54, 1.807) is 29.2 Å². The number of nitriles is 1. The van der Waals surface area contributed by atoms with Crippen LogP contribution in [-0.2, 0) is 17.4 Å². The third-order valence-electron chi connectivity index (χ3n) is 5.96. The van der Waals surface area contributed by atoms with Gasteiger partial charge in [-0.15, -0.1) is 0 Å². The fourth-order valence-electron chi connectivity index (χ4n) is 4.09. The molecule has 0 saturated carbocycles. The number of aryl methyl sites for hydroxylation is 1. The van der Waals surface area contributed by atoms with Gasteiger partial charge in [-0.05, 0) is 43.9 Å². The SMILES string of the molecule is Cc1ccc(-c2cc(N3CCC[C@H]3C(=O)NCCc3ccc(C#N)cc3)nc(C(F)(F)F)n2)cc1. The maximum absolute atomic E-state index is 13.6. The number of nitrogens with one attached hydrogen (secondary N) is 1. The molecule has 6 nitrogen and oxygen atoms in total. The number of nitrogens with zero attached hydrogens (tertiary/aromatic N) is 4. The smallest absolute Gasteiger partial charge is 0.354 e. The molecule has 0 aliphatic carbocycles. The standard InChI is InChI=1S/C26H24F3N5O/c1-17-4-10-20(11-5-17)21-15-23(33-25(32-21)26(27,28)29)34-14-2-3-22(34)24(35)31-13-12-18-6-8-19(16-30)9-7-18/h4-11,15,22H,2-3,12-14H2,1H3,(H,31,35)/t22-/m0/s1. The van der Waals surface area contributed by atoms with Crippen molar-refractivity contribution in [3.8, 4) is 17.3 Å². The number of anilines is 1. The highest BCUT2D eigenvalue weighted by Gasteiger charge is 2.38. The van der Waals surface area contributed by atoms with Gasteiger partial charge in [-0.3, -0.25) is 4.79 Å². The molecule has 0 bridgehead atoms. The van der Waals surface area contributed by atoms with Crippen LogP contribution < -0.4 is 10.2 Å². The Morgan fingerprint density at radius 3 is 2.51 bits per heavy atom. The Balaban J connectivity index is 1.52. The van der Waals surface area contributed by atoms with Gasteiger partial charge in [-0.1, -0.05) is 42.0 Å². The summed E-state index contributed by atoms with van der Waals surface area (Å²) in [6.45, 7) is 2.70. The third kappa shape index (κ3) is 5.77. The van der Waals surface area contributed by atoms with Crippen LogP contribution in [0.3, 0.4) is 0 Å². The lowest BCUT2D eigenvalue weighted by Gasteiger charge is -2.26. The Kier molecular flexibility index (Phi) is 7.01. The van der Waals surface area contributed by atoms with Crippen LogP contribution in [0.25, 0.3) is 11.3 Å². The van der Waals surface area contributed by atoms with Crippen LogP contribution in [0.5, 0.6) is 0 Å². The number of aromatic nitrogens is 2. The molecule has 1 fully saturated rings. The summed E-state index contributed by atoms with van der Waals surface area (Å²) in [6, 6.07) is 17.1. The topological polar surface area (TPSA) is 81.9 Å². The Morgan fingerprint density at radius 1 is 1.14 bits per heavy atom. The number of alkyl halides is 3. The van der Waals surface area contributed by atoms with Gasteiger partial charge in [0.05, 0.1) is 17.3 Å². The number of hydrogen-bond donors (Lipinski definition) is 1. The lowest BCUT2D eigenvalue weighted by molar-refractivity contribution is -0.144. The second kappa shape index (κ2) is 10.1. The Bertz CT molecular complexity index is 1230. The van der Waals surface area contributed by atoms with Crippen molar-refractivity contribution in [2.45, 2.75) is 38.4 Å². The minimum Gasteiger partial charge on any atom is -0.354 e. The minimum absolute atomic E-state index is 0.0904. The Morgan fingerprint density at radius 2 is 1.86 bits per heavy atom. The second-order valence-electron chi connectivity index (χ2n) is 8.50. The number of carbonyl (C=O) groups is 1. The maximum Gasteiger partial charge on any atom is 0.451 e. The largest absolute Gasteiger partial charge is 0.451 e. The van der Waals surface area contributed by atoms with Crippen molar-refractivity contribution in [2.75, 3.05) is 18.0 Å². The molecule has 2 aromatic carbocycles. The molecular weight excluding hydrogens is 455 g/mol. The normalized spacial score (nSPS) is 15.6. The molecule has 0 radical (unpaired) electrons. The molecule has 0 spiro atoms.